The monoisotopic (exact) mass is 383 g/mol. The number of benzene rings is 2. The number of ether oxygens (including phenoxy) is 1. The molecule has 0 aromatic heterocycles. The predicted octanol–water partition coefficient (Wildman–Crippen LogP) is 2.33. The van der Waals surface area contributed by atoms with Gasteiger partial charge < -0.3 is 14.3 Å². The number of ketones is 2. The van der Waals surface area contributed by atoms with Crippen LogP contribution in [0.15, 0.2) is 42.5 Å². The van der Waals surface area contributed by atoms with Crippen molar-refractivity contribution in [1.82, 2.24) is 0 Å². The molecule has 0 bridgehead atoms. The van der Waals surface area contributed by atoms with Crippen molar-refractivity contribution in [3.05, 3.63) is 64.7 Å². The summed E-state index contributed by atoms with van der Waals surface area (Å²) >= 11 is 0. The van der Waals surface area contributed by atoms with Crippen LogP contribution in [0.3, 0.4) is 0 Å². The zero-order valence-corrected chi connectivity index (χ0v) is 16.4. The molecule has 4 rings (SSSR count). The minimum atomic E-state index is -0.298. The van der Waals surface area contributed by atoms with Crippen molar-refractivity contribution in [2.24, 2.45) is 5.73 Å². The number of nitrogens with zero attached hydrogens (tertiary/aromatic N) is 1. The number of hydrogen-bond acceptors (Lipinski definition) is 5. The van der Waals surface area contributed by atoms with Crippen LogP contribution >= 0.6 is 0 Å². The summed E-state index contributed by atoms with van der Waals surface area (Å²) < 4.78 is 6.27. The van der Waals surface area contributed by atoms with Gasteiger partial charge in [-0.1, -0.05) is 43.3 Å². The molecule has 2 aliphatic rings. The zero-order valence-electron chi connectivity index (χ0n) is 16.4. The van der Waals surface area contributed by atoms with E-state index in [1.165, 1.54) is 19.0 Å². The quantitative estimate of drug-likeness (QED) is 0.663. The predicted molar refractivity (Wildman–Crippen MR) is 106 cm³/mol. The van der Waals surface area contributed by atoms with Crippen LogP contribution in [0.25, 0.3) is 0 Å². The Kier molecular flexibility index (Phi) is 5.93. The molecule has 0 saturated carbocycles. The van der Waals surface area contributed by atoms with Crippen molar-refractivity contribution in [1.29, 1.82) is 0 Å². The van der Waals surface area contributed by atoms with Crippen LogP contribution in [-0.4, -0.2) is 60.7 Å². The molecule has 0 amide bonds. The van der Waals surface area contributed by atoms with Crippen molar-refractivity contribution in [2.45, 2.75) is 19.5 Å². The molecule has 1 saturated heterocycles. The summed E-state index contributed by atoms with van der Waals surface area (Å²) in [5.41, 5.74) is 7.08. The van der Waals surface area contributed by atoms with Gasteiger partial charge in [-0.3, -0.25) is 15.3 Å². The molecule has 3 N–H and O–H groups in total. The number of hydrogen-bond donors (Lipinski definition) is 2. The van der Waals surface area contributed by atoms with Crippen molar-refractivity contribution in [3.63, 3.8) is 0 Å². The summed E-state index contributed by atoms with van der Waals surface area (Å²) in [5, 5.41) is 9.70. The van der Waals surface area contributed by atoms with E-state index in [1.807, 2.05) is 0 Å². The Balaban J connectivity index is 0.000000178. The number of quaternary nitrogens is 1. The molecule has 2 atom stereocenters. The number of morpholine rings is 1. The van der Waals surface area contributed by atoms with Gasteiger partial charge in [-0.15, -0.1) is 0 Å². The first-order valence-electron chi connectivity index (χ1n) is 9.57. The lowest BCUT2D eigenvalue weighted by atomic mass is 9.84. The Morgan fingerprint density at radius 2 is 1.71 bits per heavy atom. The number of carbonyl (C=O) groups is 2. The highest BCUT2D eigenvalue weighted by Gasteiger charge is 2.32. The molecular weight excluding hydrogens is 356 g/mol. The van der Waals surface area contributed by atoms with Gasteiger partial charge in [-0.25, -0.2) is 0 Å². The van der Waals surface area contributed by atoms with Crippen molar-refractivity contribution < 1.29 is 23.9 Å². The van der Waals surface area contributed by atoms with Gasteiger partial charge >= 0.3 is 0 Å². The van der Waals surface area contributed by atoms with Gasteiger partial charge in [0.15, 0.2) is 17.7 Å². The van der Waals surface area contributed by atoms with Gasteiger partial charge in [0.05, 0.1) is 25.8 Å². The fourth-order valence-electron chi connectivity index (χ4n) is 3.74. The number of nitrogens with two attached hydrogens (primary N) is 1. The number of rotatable bonds is 2. The van der Waals surface area contributed by atoms with Crippen molar-refractivity contribution in [2.75, 3.05) is 33.4 Å². The maximum atomic E-state index is 12.2. The number of carbonyl (C=O) groups excluding carboxylic acids is 2. The molecule has 0 spiro atoms. The van der Waals surface area contributed by atoms with Crippen LogP contribution in [0, 0.1) is 0 Å². The van der Waals surface area contributed by atoms with E-state index >= 15 is 0 Å². The molecule has 148 valence electrons. The summed E-state index contributed by atoms with van der Waals surface area (Å²) in [5.74, 6) is -0.658. The maximum Gasteiger partial charge on any atom is 0.198 e. The first-order valence-corrected chi connectivity index (χ1v) is 9.57. The second-order valence-corrected chi connectivity index (χ2v) is 7.47. The second kappa shape index (κ2) is 8.22. The van der Waals surface area contributed by atoms with Crippen LogP contribution in [-0.2, 0) is 4.74 Å². The van der Waals surface area contributed by atoms with E-state index in [2.05, 4.69) is 14.0 Å². The molecule has 0 radical (unpaired) electrons. The van der Waals surface area contributed by atoms with E-state index in [0.29, 0.717) is 11.1 Å². The Labute approximate surface area is 165 Å². The van der Waals surface area contributed by atoms with Crippen molar-refractivity contribution >= 4 is 11.6 Å². The summed E-state index contributed by atoms with van der Waals surface area (Å²) in [6.45, 7) is 6.02. The van der Waals surface area contributed by atoms with E-state index in [1.54, 1.807) is 36.4 Å². The molecule has 6 nitrogen and oxygen atoms in total. The Morgan fingerprint density at radius 3 is 2.36 bits per heavy atom. The lowest BCUT2D eigenvalue weighted by Crippen LogP contribution is -2.63. The lowest BCUT2D eigenvalue weighted by Gasteiger charge is -2.42. The molecule has 1 heterocycles. The third-order valence-corrected chi connectivity index (χ3v) is 5.50. The Bertz CT molecular complexity index is 892. The zero-order chi connectivity index (χ0) is 20.3. The Morgan fingerprint density at radius 1 is 1.07 bits per heavy atom. The molecule has 1 aliphatic heterocycles. The fourth-order valence-corrected chi connectivity index (χ4v) is 3.74. The number of fused-ring (bicyclic) bond motifs is 2. The average molecular weight is 383 g/mol. The number of phenolic OH excluding ortho intramolecular Hbond substituents is 1. The van der Waals surface area contributed by atoms with E-state index < -0.39 is 0 Å². The minimum Gasteiger partial charge on any atom is -0.507 e. The molecule has 28 heavy (non-hydrogen) atoms. The first-order chi connectivity index (χ1) is 13.4. The third-order valence-electron chi connectivity index (χ3n) is 5.50. The molecule has 2 unspecified atom stereocenters. The van der Waals surface area contributed by atoms with Gasteiger partial charge in [0.25, 0.3) is 0 Å². The molecule has 1 aliphatic carbocycles. The van der Waals surface area contributed by atoms with Gasteiger partial charge in [0, 0.05) is 16.7 Å². The highest BCUT2D eigenvalue weighted by molar-refractivity contribution is 6.29. The summed E-state index contributed by atoms with van der Waals surface area (Å²) in [6.07, 6.45) is 1.38. The van der Waals surface area contributed by atoms with Gasteiger partial charge in [-0.05, 0) is 12.5 Å². The molecule has 2 aromatic rings. The van der Waals surface area contributed by atoms with Gasteiger partial charge in [0.1, 0.15) is 18.9 Å². The minimum absolute atomic E-state index is 0.108. The fraction of sp³-hybridized carbons (Fsp3) is 0.364. The highest BCUT2D eigenvalue weighted by atomic mass is 16.5. The van der Waals surface area contributed by atoms with E-state index in [-0.39, 0.29) is 34.6 Å². The van der Waals surface area contributed by atoms with Crippen LogP contribution in [0.5, 0.6) is 5.75 Å². The molecule has 2 aromatic carbocycles. The van der Waals surface area contributed by atoms with Crippen LogP contribution < -0.4 is 5.73 Å². The highest BCUT2D eigenvalue weighted by Crippen LogP contribution is 2.32. The summed E-state index contributed by atoms with van der Waals surface area (Å²) in [6, 6.07) is 11.2. The third kappa shape index (κ3) is 3.71. The summed E-state index contributed by atoms with van der Waals surface area (Å²) in [4.78, 5) is 24.3. The van der Waals surface area contributed by atoms with E-state index in [9.17, 15) is 14.7 Å². The standard InChI is InChI=1S/C14H8O3.C8H19N2O/c15-11-7-3-6-10-12(11)14(17)9-5-2-1-4-8(9)13(10)16;1-3-4-10(2)5-6-11-7-8(10)9/h1-7,15H;8H,3-7,9H2,1-2H3/q;+1. The molecule has 1 fully saturated rings. The van der Waals surface area contributed by atoms with Crippen LogP contribution in [0.4, 0.5) is 0 Å². The number of aromatic hydroxyl groups is 1. The molecular formula is C22H27N2O4+. The largest absolute Gasteiger partial charge is 0.507 e. The first kappa shape index (κ1) is 20.2. The van der Waals surface area contributed by atoms with E-state index in [4.69, 9.17) is 10.5 Å². The summed E-state index contributed by atoms with van der Waals surface area (Å²) in [7, 11) is 2.22. The van der Waals surface area contributed by atoms with Crippen molar-refractivity contribution in [3.8, 4) is 5.75 Å². The second-order valence-electron chi connectivity index (χ2n) is 7.47. The van der Waals surface area contributed by atoms with Crippen LogP contribution in [0.2, 0.25) is 0 Å². The van der Waals surface area contributed by atoms with E-state index in [0.717, 1.165) is 24.2 Å². The maximum absolute atomic E-state index is 12.2. The average Bonchev–Trinajstić information content (AvgIpc) is 2.69. The van der Waals surface area contributed by atoms with Gasteiger partial charge in [-0.2, -0.15) is 0 Å². The lowest BCUT2D eigenvalue weighted by molar-refractivity contribution is -0.940. The SMILES string of the molecule is CCC[N+]1(C)CCOCC1N.O=C1c2ccccc2C(=O)c2c(O)cccc21. The normalized spacial score (nSPS) is 23.3. The number of likely N-dealkylation sites (N-methyl/N-ethyl adjacent to an activating group) is 1. The smallest absolute Gasteiger partial charge is 0.198 e. The van der Waals surface area contributed by atoms with Crippen LogP contribution in [0.1, 0.15) is 45.2 Å². The Hall–Kier alpha value is -2.54. The number of phenols is 1. The topological polar surface area (TPSA) is 89.6 Å². The van der Waals surface area contributed by atoms with Gasteiger partial charge in [0.2, 0.25) is 0 Å². The molecule has 6 heteroatoms.